The number of ether oxygens (including phenoxy) is 1. The summed E-state index contributed by atoms with van der Waals surface area (Å²) in [6, 6.07) is 4.37. The van der Waals surface area contributed by atoms with Gasteiger partial charge < -0.3 is 4.74 Å². The Hall–Kier alpha value is -3.06. The molecule has 13 heteroatoms. The number of carbonyl (C=O) groups excluding carboxylic acids is 1. The van der Waals surface area contributed by atoms with Gasteiger partial charge in [0.2, 0.25) is 5.69 Å². The number of aromatic amines is 1. The third-order valence-electron chi connectivity index (χ3n) is 3.32. The molecule has 0 fully saturated rings. The van der Waals surface area contributed by atoms with Crippen LogP contribution >= 0.6 is 11.3 Å². The van der Waals surface area contributed by atoms with Gasteiger partial charge in [-0.1, -0.05) is 11.3 Å². The molecule has 11 nitrogen and oxygen atoms in total. The number of aromatic nitrogens is 3. The van der Waals surface area contributed by atoms with Crippen LogP contribution in [0.5, 0.6) is 5.88 Å². The lowest BCUT2D eigenvalue weighted by Gasteiger charge is -1.98. The van der Waals surface area contributed by atoms with Crippen LogP contribution < -0.4 is 10.1 Å². The Labute approximate surface area is 150 Å². The Morgan fingerprint density at radius 1 is 1.42 bits per heavy atom. The van der Waals surface area contributed by atoms with Crippen LogP contribution in [0.3, 0.4) is 0 Å². The highest BCUT2D eigenvalue weighted by Gasteiger charge is 2.30. The van der Waals surface area contributed by atoms with Gasteiger partial charge in [0.15, 0.2) is 15.0 Å². The molecule has 1 aromatic carbocycles. The molecule has 2 N–H and O–H groups in total. The lowest BCUT2D eigenvalue weighted by atomic mass is 10.3. The molecule has 0 spiro atoms. The lowest BCUT2D eigenvalue weighted by Crippen LogP contribution is -2.14. The largest absolute Gasteiger partial charge is 0.475 e. The third kappa shape index (κ3) is 3.21. The number of hydrogen-bond acceptors (Lipinski definition) is 9. The summed E-state index contributed by atoms with van der Waals surface area (Å²) in [5, 5.41) is 19.5. The highest BCUT2D eigenvalue weighted by Crippen LogP contribution is 2.31. The van der Waals surface area contributed by atoms with Crippen LogP contribution in [0.25, 0.3) is 10.2 Å². The monoisotopic (exact) mass is 397 g/mol. The number of thiazole rings is 1. The van der Waals surface area contributed by atoms with Crippen molar-refractivity contribution < 1.29 is 22.9 Å². The number of methoxy groups -OCH3 is 1. The van der Waals surface area contributed by atoms with E-state index in [1.165, 1.54) is 25.3 Å². The Morgan fingerprint density at radius 3 is 2.77 bits per heavy atom. The molecule has 26 heavy (non-hydrogen) atoms. The maximum atomic E-state index is 12.3. The molecule has 0 atom stereocenters. The summed E-state index contributed by atoms with van der Waals surface area (Å²) >= 11 is 1.03. The van der Waals surface area contributed by atoms with E-state index in [0.717, 1.165) is 17.6 Å². The van der Waals surface area contributed by atoms with Crippen LogP contribution in [-0.2, 0) is 9.84 Å². The SMILES string of the molecule is COc1n[nH]c(C(=O)Nc2nc3ccc(S(C)(=O)=O)cc3s2)c1[N+](=O)[O-]. The second kappa shape index (κ2) is 6.34. The number of rotatable bonds is 5. The van der Waals surface area contributed by atoms with Gasteiger partial charge in [-0.2, -0.15) is 0 Å². The molecule has 2 heterocycles. The first kappa shape index (κ1) is 17.8. The van der Waals surface area contributed by atoms with Gasteiger partial charge in [-0.05, 0) is 18.2 Å². The number of nitrogens with one attached hydrogen (secondary N) is 2. The average Bonchev–Trinajstić information content (AvgIpc) is 3.16. The summed E-state index contributed by atoms with van der Waals surface area (Å²) in [6.45, 7) is 0. The Kier molecular flexibility index (Phi) is 4.33. The number of amides is 1. The fraction of sp³-hybridized carbons (Fsp3) is 0.154. The molecular formula is C13H11N5O6S2. The zero-order chi connectivity index (χ0) is 19.1. The van der Waals surface area contributed by atoms with Crippen LogP contribution in [0, 0.1) is 10.1 Å². The zero-order valence-corrected chi connectivity index (χ0v) is 15.0. The fourth-order valence-electron chi connectivity index (χ4n) is 2.14. The molecule has 0 saturated carbocycles. The van der Waals surface area contributed by atoms with Crippen LogP contribution in [0.15, 0.2) is 23.1 Å². The van der Waals surface area contributed by atoms with Gasteiger partial charge in [-0.3, -0.25) is 25.3 Å². The second-order valence-electron chi connectivity index (χ2n) is 5.09. The highest BCUT2D eigenvalue weighted by atomic mass is 32.2. The van der Waals surface area contributed by atoms with Gasteiger partial charge in [0.05, 0.1) is 27.1 Å². The van der Waals surface area contributed by atoms with Crippen molar-refractivity contribution in [1.29, 1.82) is 0 Å². The normalized spacial score (nSPS) is 11.5. The van der Waals surface area contributed by atoms with E-state index in [-0.39, 0.29) is 21.6 Å². The van der Waals surface area contributed by atoms with Gasteiger partial charge in [-0.15, -0.1) is 5.10 Å². The first-order valence-electron chi connectivity index (χ1n) is 6.89. The fourth-order valence-corrected chi connectivity index (χ4v) is 3.76. The summed E-state index contributed by atoms with van der Waals surface area (Å²) in [5.74, 6) is -1.14. The van der Waals surface area contributed by atoms with Crippen molar-refractivity contribution in [1.82, 2.24) is 15.2 Å². The van der Waals surface area contributed by atoms with Crippen molar-refractivity contribution in [2.45, 2.75) is 4.90 Å². The van der Waals surface area contributed by atoms with Crippen LogP contribution in [0.2, 0.25) is 0 Å². The molecule has 2 aromatic heterocycles. The minimum Gasteiger partial charge on any atom is -0.475 e. The van der Waals surface area contributed by atoms with Crippen molar-refractivity contribution >= 4 is 48.1 Å². The number of nitrogens with zero attached hydrogens (tertiary/aromatic N) is 3. The Morgan fingerprint density at radius 2 is 2.15 bits per heavy atom. The minimum atomic E-state index is -3.38. The predicted octanol–water partition coefficient (Wildman–Crippen LogP) is 1.59. The van der Waals surface area contributed by atoms with Gasteiger partial charge in [-0.25, -0.2) is 13.4 Å². The smallest absolute Gasteiger partial charge is 0.362 e. The summed E-state index contributed by atoms with van der Waals surface area (Å²) < 4.78 is 28.5. The van der Waals surface area contributed by atoms with E-state index in [4.69, 9.17) is 4.74 Å². The quantitative estimate of drug-likeness (QED) is 0.485. The predicted molar refractivity (Wildman–Crippen MR) is 92.5 cm³/mol. The number of hydrogen-bond donors (Lipinski definition) is 2. The van der Waals surface area contributed by atoms with Gasteiger partial charge in [0.25, 0.3) is 5.91 Å². The Bertz CT molecular complexity index is 1130. The molecule has 0 saturated heterocycles. The van der Waals surface area contributed by atoms with E-state index in [0.29, 0.717) is 10.2 Å². The van der Waals surface area contributed by atoms with Crippen molar-refractivity contribution in [2.24, 2.45) is 0 Å². The number of carbonyl (C=O) groups is 1. The molecule has 136 valence electrons. The van der Waals surface area contributed by atoms with Gasteiger partial charge in [0.1, 0.15) is 0 Å². The van der Waals surface area contributed by atoms with Gasteiger partial charge >= 0.3 is 11.6 Å². The standard InChI is InChI=1S/C13H11N5O6S2/c1-24-12-10(18(20)21)9(16-17-12)11(19)15-13-14-7-4-3-6(26(2,22)23)5-8(7)25-13/h3-5H,1-2H3,(H,16,17)(H,14,15,19). The molecule has 0 aliphatic heterocycles. The molecule has 3 aromatic rings. The average molecular weight is 397 g/mol. The number of H-pyrrole nitrogens is 1. The number of nitro groups is 1. The third-order valence-corrected chi connectivity index (χ3v) is 5.36. The lowest BCUT2D eigenvalue weighted by molar-refractivity contribution is -0.386. The molecule has 0 aliphatic rings. The van der Waals surface area contributed by atoms with Crippen LogP contribution in [-0.4, -0.2) is 47.8 Å². The number of fused-ring (bicyclic) bond motifs is 1. The van der Waals surface area contributed by atoms with E-state index in [2.05, 4.69) is 20.5 Å². The zero-order valence-electron chi connectivity index (χ0n) is 13.3. The second-order valence-corrected chi connectivity index (χ2v) is 8.13. The molecule has 0 bridgehead atoms. The summed E-state index contributed by atoms with van der Waals surface area (Å²) in [5.41, 5.74) is -0.497. The molecule has 1 amide bonds. The van der Waals surface area contributed by atoms with Crippen LogP contribution in [0.1, 0.15) is 10.5 Å². The van der Waals surface area contributed by atoms with Crippen molar-refractivity contribution in [2.75, 3.05) is 18.7 Å². The summed E-state index contributed by atoms with van der Waals surface area (Å²) in [6.07, 6.45) is 1.09. The number of benzene rings is 1. The van der Waals surface area contributed by atoms with Crippen LogP contribution in [0.4, 0.5) is 10.8 Å². The molecule has 0 aliphatic carbocycles. The van der Waals surface area contributed by atoms with E-state index in [1.807, 2.05) is 0 Å². The molecular weight excluding hydrogens is 386 g/mol. The van der Waals surface area contributed by atoms with E-state index < -0.39 is 26.4 Å². The summed E-state index contributed by atoms with van der Waals surface area (Å²) in [7, 11) is -2.18. The summed E-state index contributed by atoms with van der Waals surface area (Å²) in [4.78, 5) is 26.9. The first-order chi connectivity index (χ1) is 12.2. The van der Waals surface area contributed by atoms with Gasteiger partial charge in [0, 0.05) is 6.26 Å². The minimum absolute atomic E-state index is 0.125. The van der Waals surface area contributed by atoms with E-state index in [1.54, 1.807) is 0 Å². The number of sulfone groups is 1. The maximum absolute atomic E-state index is 12.3. The van der Waals surface area contributed by atoms with Crippen molar-refractivity contribution in [3.8, 4) is 5.88 Å². The van der Waals surface area contributed by atoms with E-state index in [9.17, 15) is 23.3 Å². The molecule has 0 unspecified atom stereocenters. The first-order valence-corrected chi connectivity index (χ1v) is 9.60. The topological polar surface area (TPSA) is 157 Å². The van der Waals surface area contributed by atoms with Crippen molar-refractivity contribution in [3.05, 3.63) is 34.0 Å². The molecule has 3 rings (SSSR count). The molecule has 0 radical (unpaired) electrons. The highest BCUT2D eigenvalue weighted by molar-refractivity contribution is 7.90. The maximum Gasteiger partial charge on any atom is 0.362 e. The van der Waals surface area contributed by atoms with Crippen molar-refractivity contribution in [3.63, 3.8) is 0 Å². The number of anilines is 1. The Balaban J connectivity index is 1.93. The van der Waals surface area contributed by atoms with E-state index >= 15 is 0 Å².